The molecule has 6 nitrogen and oxygen atoms in total. The van der Waals surface area contributed by atoms with Crippen LogP contribution in [0.4, 0.5) is 30.2 Å². The number of piperazine rings is 1. The molecule has 0 bridgehead atoms. The molecule has 1 N–H and O–H groups in total. The maximum absolute atomic E-state index is 12.8. The Bertz CT molecular complexity index is 801. The van der Waals surface area contributed by atoms with E-state index in [9.17, 15) is 28.4 Å². The van der Waals surface area contributed by atoms with Crippen LogP contribution >= 0.6 is 0 Å². The van der Waals surface area contributed by atoms with E-state index in [0.717, 1.165) is 17.8 Å². The van der Waals surface area contributed by atoms with Crippen molar-refractivity contribution in [2.45, 2.75) is 6.18 Å². The van der Waals surface area contributed by atoms with E-state index in [0.29, 0.717) is 32.2 Å². The van der Waals surface area contributed by atoms with Crippen LogP contribution in [0.25, 0.3) is 0 Å². The number of nitrogens with zero attached hydrogens (tertiary/aromatic N) is 3. The Morgan fingerprint density at radius 2 is 1.54 bits per heavy atom. The van der Waals surface area contributed by atoms with E-state index < -0.39 is 22.4 Å². The first-order valence-electron chi connectivity index (χ1n) is 7.90. The van der Waals surface area contributed by atoms with Crippen LogP contribution in [-0.2, 0) is 6.18 Å². The molecule has 0 unspecified atom stereocenters. The minimum Gasteiger partial charge on any atom is -0.508 e. The van der Waals surface area contributed by atoms with Gasteiger partial charge in [0.05, 0.1) is 10.5 Å². The second-order valence-electron chi connectivity index (χ2n) is 5.95. The highest BCUT2D eigenvalue weighted by molar-refractivity contribution is 5.65. The third-order valence-electron chi connectivity index (χ3n) is 4.33. The molecule has 1 aliphatic heterocycles. The quantitative estimate of drug-likeness (QED) is 0.662. The summed E-state index contributed by atoms with van der Waals surface area (Å²) in [4.78, 5) is 14.2. The third-order valence-corrected chi connectivity index (χ3v) is 4.33. The lowest BCUT2D eigenvalue weighted by Gasteiger charge is -2.37. The van der Waals surface area contributed by atoms with Gasteiger partial charge in [-0.1, -0.05) is 0 Å². The van der Waals surface area contributed by atoms with Gasteiger partial charge in [0.15, 0.2) is 0 Å². The molecule has 2 aromatic rings. The maximum atomic E-state index is 12.8. The summed E-state index contributed by atoms with van der Waals surface area (Å²) in [5.41, 5.74) is -0.480. The smallest absolute Gasteiger partial charge is 0.416 e. The third kappa shape index (κ3) is 3.66. The van der Waals surface area contributed by atoms with Crippen molar-refractivity contribution in [1.82, 2.24) is 0 Å². The Morgan fingerprint density at radius 3 is 2.08 bits per heavy atom. The molecule has 0 aromatic heterocycles. The van der Waals surface area contributed by atoms with Crippen LogP contribution in [0.15, 0.2) is 42.5 Å². The van der Waals surface area contributed by atoms with Gasteiger partial charge >= 0.3 is 6.18 Å². The highest BCUT2D eigenvalue weighted by Crippen LogP contribution is 2.37. The highest BCUT2D eigenvalue weighted by atomic mass is 19.4. The lowest BCUT2D eigenvalue weighted by molar-refractivity contribution is -0.384. The molecule has 26 heavy (non-hydrogen) atoms. The van der Waals surface area contributed by atoms with Gasteiger partial charge in [-0.2, -0.15) is 13.2 Å². The number of halogens is 3. The number of alkyl halides is 3. The fourth-order valence-electron chi connectivity index (χ4n) is 2.98. The van der Waals surface area contributed by atoms with Crippen LogP contribution in [0.3, 0.4) is 0 Å². The summed E-state index contributed by atoms with van der Waals surface area (Å²) in [7, 11) is 0. The van der Waals surface area contributed by atoms with Crippen LogP contribution in [0, 0.1) is 10.1 Å². The molecular weight excluding hydrogens is 351 g/mol. The number of benzene rings is 2. The van der Waals surface area contributed by atoms with Crippen molar-refractivity contribution in [1.29, 1.82) is 0 Å². The van der Waals surface area contributed by atoms with Gasteiger partial charge in [0.2, 0.25) is 0 Å². The minimum atomic E-state index is -4.62. The molecule has 0 radical (unpaired) electrons. The van der Waals surface area contributed by atoms with Crippen molar-refractivity contribution in [3.8, 4) is 5.75 Å². The highest BCUT2D eigenvalue weighted by Gasteiger charge is 2.34. The van der Waals surface area contributed by atoms with E-state index in [1.165, 1.54) is 0 Å². The molecule has 0 aliphatic carbocycles. The Labute approximate surface area is 147 Å². The second kappa shape index (κ2) is 6.74. The van der Waals surface area contributed by atoms with Gasteiger partial charge in [0.25, 0.3) is 5.69 Å². The molecule has 0 spiro atoms. The van der Waals surface area contributed by atoms with E-state index in [1.54, 1.807) is 29.2 Å². The summed E-state index contributed by atoms with van der Waals surface area (Å²) >= 11 is 0. The maximum Gasteiger partial charge on any atom is 0.416 e. The first kappa shape index (κ1) is 17.8. The normalized spacial score (nSPS) is 15.2. The number of phenolic OH excluding ortho intramolecular Hbond substituents is 1. The average Bonchev–Trinajstić information content (AvgIpc) is 2.61. The summed E-state index contributed by atoms with van der Waals surface area (Å²) in [5, 5.41) is 20.6. The molecule has 3 rings (SSSR count). The predicted molar refractivity (Wildman–Crippen MR) is 90.6 cm³/mol. The number of hydrogen-bond donors (Lipinski definition) is 1. The van der Waals surface area contributed by atoms with Crippen LogP contribution < -0.4 is 9.80 Å². The van der Waals surface area contributed by atoms with Gasteiger partial charge in [-0.05, 0) is 36.4 Å². The number of hydrogen-bond acceptors (Lipinski definition) is 5. The van der Waals surface area contributed by atoms with E-state index in [4.69, 9.17) is 0 Å². The van der Waals surface area contributed by atoms with Crippen molar-refractivity contribution in [2.24, 2.45) is 0 Å². The Hall–Kier alpha value is -2.97. The van der Waals surface area contributed by atoms with Crippen molar-refractivity contribution < 1.29 is 23.2 Å². The van der Waals surface area contributed by atoms with Crippen LogP contribution in [-0.4, -0.2) is 36.2 Å². The summed E-state index contributed by atoms with van der Waals surface area (Å²) in [6.07, 6.45) is -4.62. The van der Waals surface area contributed by atoms with Gasteiger partial charge < -0.3 is 14.9 Å². The van der Waals surface area contributed by atoms with E-state index in [-0.39, 0.29) is 11.4 Å². The molecule has 9 heteroatoms. The minimum absolute atomic E-state index is 0.160. The van der Waals surface area contributed by atoms with Gasteiger partial charge in [0, 0.05) is 37.9 Å². The van der Waals surface area contributed by atoms with Crippen LogP contribution in [0.2, 0.25) is 0 Å². The number of phenols is 1. The fourth-order valence-corrected chi connectivity index (χ4v) is 2.98. The number of nitro groups is 1. The summed E-state index contributed by atoms with van der Waals surface area (Å²) < 4.78 is 38.4. The lowest BCUT2D eigenvalue weighted by Crippen LogP contribution is -2.46. The van der Waals surface area contributed by atoms with Gasteiger partial charge in [0.1, 0.15) is 11.4 Å². The van der Waals surface area contributed by atoms with Gasteiger partial charge in [-0.3, -0.25) is 10.1 Å². The topological polar surface area (TPSA) is 69.9 Å². The largest absolute Gasteiger partial charge is 0.508 e. The van der Waals surface area contributed by atoms with Gasteiger partial charge in [-0.25, -0.2) is 0 Å². The molecule has 1 heterocycles. The number of nitro benzene ring substituents is 1. The molecule has 2 aromatic carbocycles. The zero-order chi connectivity index (χ0) is 18.9. The lowest BCUT2D eigenvalue weighted by atomic mass is 10.1. The number of rotatable bonds is 3. The first-order chi connectivity index (χ1) is 12.3. The van der Waals surface area contributed by atoms with Crippen LogP contribution in [0.1, 0.15) is 5.56 Å². The van der Waals surface area contributed by atoms with Crippen LogP contribution in [0.5, 0.6) is 5.75 Å². The summed E-state index contributed by atoms with van der Waals surface area (Å²) in [6, 6.07) is 9.30. The number of anilines is 2. The average molecular weight is 367 g/mol. The Balaban J connectivity index is 1.78. The fraction of sp³-hybridized carbons (Fsp3) is 0.294. The zero-order valence-electron chi connectivity index (χ0n) is 13.6. The molecule has 0 saturated carbocycles. The molecule has 0 atom stereocenters. The molecule has 1 saturated heterocycles. The predicted octanol–water partition coefficient (Wildman–Crippen LogP) is 3.65. The molecule has 1 fully saturated rings. The summed E-state index contributed by atoms with van der Waals surface area (Å²) in [5.74, 6) is 0.160. The Kier molecular flexibility index (Phi) is 4.62. The molecule has 138 valence electrons. The number of aromatic hydroxyl groups is 1. The molecule has 1 aliphatic rings. The van der Waals surface area contributed by atoms with E-state index >= 15 is 0 Å². The monoisotopic (exact) mass is 367 g/mol. The van der Waals surface area contributed by atoms with Crippen molar-refractivity contribution in [3.63, 3.8) is 0 Å². The second-order valence-corrected chi connectivity index (χ2v) is 5.95. The van der Waals surface area contributed by atoms with Crippen molar-refractivity contribution in [3.05, 3.63) is 58.1 Å². The molecule has 0 amide bonds. The molecular formula is C17H16F3N3O3. The van der Waals surface area contributed by atoms with Crippen molar-refractivity contribution in [2.75, 3.05) is 36.0 Å². The SMILES string of the molecule is O=[N+]([O-])c1cc(C(F)(F)F)ccc1N1CCN(c2ccc(O)cc2)CC1. The van der Waals surface area contributed by atoms with Gasteiger partial charge in [-0.15, -0.1) is 0 Å². The standard InChI is InChI=1S/C17H16F3N3O3/c18-17(19,20)12-1-6-15(16(11-12)23(25)26)22-9-7-21(8-10-22)13-2-4-14(24)5-3-13/h1-6,11,24H,7-10H2. The summed E-state index contributed by atoms with van der Waals surface area (Å²) in [6.45, 7) is 1.99. The van der Waals surface area contributed by atoms with E-state index in [1.807, 2.05) is 4.90 Å². The first-order valence-corrected chi connectivity index (χ1v) is 7.90. The van der Waals surface area contributed by atoms with Crippen molar-refractivity contribution >= 4 is 17.1 Å². The zero-order valence-corrected chi connectivity index (χ0v) is 13.6. The Morgan fingerprint density at radius 1 is 0.962 bits per heavy atom. The van der Waals surface area contributed by atoms with E-state index in [2.05, 4.69) is 0 Å².